The van der Waals surface area contributed by atoms with Crippen molar-refractivity contribution < 1.29 is 14.6 Å². The molecule has 0 radical (unpaired) electrons. The lowest BCUT2D eigenvalue weighted by molar-refractivity contribution is 0.0159. The van der Waals surface area contributed by atoms with E-state index >= 15 is 0 Å². The predicted molar refractivity (Wildman–Crippen MR) is 61.6 cm³/mol. The van der Waals surface area contributed by atoms with Crippen LogP contribution in [0.4, 0.5) is 4.79 Å². The zero-order valence-corrected chi connectivity index (χ0v) is 10.00. The fraction of sp³-hybridized carbons (Fsp3) is 0.300. The number of carbonyl (C=O) groups excluding carboxylic acids is 1. The molecule has 0 heterocycles. The second kappa shape index (κ2) is 5.39. The van der Waals surface area contributed by atoms with E-state index in [2.05, 4.69) is 4.74 Å². The summed E-state index contributed by atoms with van der Waals surface area (Å²) >= 11 is 11.8. The van der Waals surface area contributed by atoms with E-state index in [1.165, 1.54) is 6.92 Å². The highest BCUT2D eigenvalue weighted by molar-refractivity contribution is 6.36. The molecule has 0 bridgehead atoms. The lowest BCUT2D eigenvalue weighted by atomic mass is 10.1. The minimum Gasteiger partial charge on any atom is -0.444 e. The Morgan fingerprint density at radius 2 is 1.94 bits per heavy atom. The van der Waals surface area contributed by atoms with Gasteiger partial charge in [-0.05, 0) is 19.1 Å². The van der Waals surface area contributed by atoms with Gasteiger partial charge in [0.1, 0.15) is 12.2 Å². The topological polar surface area (TPSA) is 72.5 Å². The van der Waals surface area contributed by atoms with Gasteiger partial charge < -0.3 is 15.6 Å². The smallest absolute Gasteiger partial charge is 0.404 e. The van der Waals surface area contributed by atoms with Gasteiger partial charge in [-0.25, -0.2) is 4.79 Å². The van der Waals surface area contributed by atoms with E-state index in [1.807, 2.05) is 0 Å². The summed E-state index contributed by atoms with van der Waals surface area (Å²) in [5.41, 5.74) is 5.17. The average Bonchev–Trinajstić information content (AvgIpc) is 2.16. The highest BCUT2D eigenvalue weighted by Gasteiger charge is 2.23. The van der Waals surface area contributed by atoms with Crippen LogP contribution in [-0.4, -0.2) is 17.3 Å². The van der Waals surface area contributed by atoms with Gasteiger partial charge in [0, 0.05) is 15.6 Å². The van der Waals surface area contributed by atoms with Crippen molar-refractivity contribution in [1.82, 2.24) is 0 Å². The Kier molecular flexibility index (Phi) is 4.41. The predicted octanol–water partition coefficient (Wildman–Crippen LogP) is 2.51. The third kappa shape index (κ3) is 3.01. The molecule has 0 aliphatic carbocycles. The molecule has 0 aromatic heterocycles. The Balaban J connectivity index is 2.95. The van der Waals surface area contributed by atoms with Crippen LogP contribution in [0, 0.1) is 0 Å². The van der Waals surface area contributed by atoms with Crippen LogP contribution in [-0.2, 0) is 4.74 Å². The molecule has 0 fully saturated rings. The summed E-state index contributed by atoms with van der Waals surface area (Å²) in [7, 11) is 0. The van der Waals surface area contributed by atoms with Crippen LogP contribution in [0.2, 0.25) is 10.0 Å². The summed E-state index contributed by atoms with van der Waals surface area (Å²) < 4.78 is 4.65. The second-order valence-electron chi connectivity index (χ2n) is 3.22. The summed E-state index contributed by atoms with van der Waals surface area (Å²) in [6.45, 7) is 1.50. The standard InChI is InChI=1S/C10H11Cl2NO3/c1-5(16-10(13)15)9(14)8-6(11)3-2-4-7(8)12/h2-5,9,14H,1H3,(H2,13,15)/t5-,9+/m0/s1. The molecule has 3 N–H and O–H groups in total. The van der Waals surface area contributed by atoms with Gasteiger partial charge in [0.25, 0.3) is 0 Å². The molecule has 0 unspecified atom stereocenters. The number of ether oxygens (including phenoxy) is 1. The highest BCUT2D eigenvalue weighted by Crippen LogP contribution is 2.32. The molecule has 1 rings (SSSR count). The molecule has 6 heteroatoms. The number of hydrogen-bond donors (Lipinski definition) is 2. The minimum atomic E-state index is -1.12. The van der Waals surface area contributed by atoms with Crippen LogP contribution < -0.4 is 5.73 Å². The summed E-state index contributed by atoms with van der Waals surface area (Å²) in [6.07, 6.45) is -2.90. The molecule has 0 aliphatic rings. The first kappa shape index (κ1) is 13.1. The maximum Gasteiger partial charge on any atom is 0.404 e. The van der Waals surface area contributed by atoms with Crippen LogP contribution in [0.1, 0.15) is 18.6 Å². The van der Waals surface area contributed by atoms with Crippen LogP contribution in [0.25, 0.3) is 0 Å². The molecule has 4 nitrogen and oxygen atoms in total. The Morgan fingerprint density at radius 1 is 1.44 bits per heavy atom. The van der Waals surface area contributed by atoms with E-state index in [0.717, 1.165) is 0 Å². The highest BCUT2D eigenvalue weighted by atomic mass is 35.5. The summed E-state index contributed by atoms with van der Waals surface area (Å²) in [6, 6.07) is 4.83. The van der Waals surface area contributed by atoms with Crippen LogP contribution >= 0.6 is 23.2 Å². The molecule has 0 spiro atoms. The molecule has 88 valence electrons. The molecular weight excluding hydrogens is 253 g/mol. The average molecular weight is 264 g/mol. The maximum absolute atomic E-state index is 10.5. The van der Waals surface area contributed by atoms with Gasteiger partial charge in [-0.3, -0.25) is 0 Å². The fourth-order valence-corrected chi connectivity index (χ4v) is 1.90. The van der Waals surface area contributed by atoms with E-state index in [0.29, 0.717) is 15.6 Å². The van der Waals surface area contributed by atoms with Crippen molar-refractivity contribution >= 4 is 29.3 Å². The minimum absolute atomic E-state index is 0.305. The van der Waals surface area contributed by atoms with Gasteiger partial charge in [-0.15, -0.1) is 0 Å². The molecule has 0 saturated carbocycles. The number of benzene rings is 1. The van der Waals surface area contributed by atoms with Crippen molar-refractivity contribution in [3.05, 3.63) is 33.8 Å². The number of nitrogens with two attached hydrogens (primary N) is 1. The van der Waals surface area contributed by atoms with Crippen molar-refractivity contribution in [3.63, 3.8) is 0 Å². The normalized spacial score (nSPS) is 14.2. The first-order chi connectivity index (χ1) is 7.43. The first-order valence-electron chi connectivity index (χ1n) is 4.51. The number of primary amides is 1. The molecule has 2 atom stereocenters. The number of carbonyl (C=O) groups is 1. The molecule has 1 aromatic carbocycles. The monoisotopic (exact) mass is 263 g/mol. The van der Waals surface area contributed by atoms with Gasteiger partial charge in [-0.1, -0.05) is 29.3 Å². The van der Waals surface area contributed by atoms with Gasteiger partial charge in [-0.2, -0.15) is 0 Å². The van der Waals surface area contributed by atoms with Crippen molar-refractivity contribution in [2.24, 2.45) is 5.73 Å². The lowest BCUT2D eigenvalue weighted by Crippen LogP contribution is -2.26. The second-order valence-corrected chi connectivity index (χ2v) is 4.04. The number of hydrogen-bond acceptors (Lipinski definition) is 3. The molecule has 0 saturated heterocycles. The van der Waals surface area contributed by atoms with Crippen molar-refractivity contribution in [2.45, 2.75) is 19.1 Å². The van der Waals surface area contributed by atoms with Gasteiger partial charge in [0.2, 0.25) is 0 Å². The van der Waals surface area contributed by atoms with Crippen molar-refractivity contribution in [1.29, 1.82) is 0 Å². The molecular formula is C10H11Cl2NO3. The van der Waals surface area contributed by atoms with Gasteiger partial charge >= 0.3 is 6.09 Å². The van der Waals surface area contributed by atoms with E-state index < -0.39 is 18.3 Å². The van der Waals surface area contributed by atoms with Crippen LogP contribution in [0.3, 0.4) is 0 Å². The van der Waals surface area contributed by atoms with Crippen LogP contribution in [0.15, 0.2) is 18.2 Å². The SMILES string of the molecule is C[C@H](OC(N)=O)[C@@H](O)c1c(Cl)cccc1Cl. The quantitative estimate of drug-likeness (QED) is 0.880. The third-order valence-corrected chi connectivity index (χ3v) is 2.70. The fourth-order valence-electron chi connectivity index (χ4n) is 1.28. The zero-order valence-electron chi connectivity index (χ0n) is 8.48. The largest absolute Gasteiger partial charge is 0.444 e. The number of halogens is 2. The van der Waals surface area contributed by atoms with Crippen molar-refractivity contribution in [3.8, 4) is 0 Å². The number of amides is 1. The van der Waals surface area contributed by atoms with Gasteiger partial charge in [0.05, 0.1) is 0 Å². The van der Waals surface area contributed by atoms with E-state index in [4.69, 9.17) is 28.9 Å². The van der Waals surface area contributed by atoms with E-state index in [-0.39, 0.29) is 0 Å². The summed E-state index contributed by atoms with van der Waals surface area (Å²) in [4.78, 5) is 10.5. The maximum atomic E-state index is 10.5. The number of rotatable bonds is 3. The molecule has 0 aliphatic heterocycles. The molecule has 1 amide bonds. The summed E-state index contributed by atoms with van der Waals surface area (Å²) in [5, 5.41) is 10.5. The lowest BCUT2D eigenvalue weighted by Gasteiger charge is -2.20. The van der Waals surface area contributed by atoms with E-state index in [9.17, 15) is 9.90 Å². The van der Waals surface area contributed by atoms with Gasteiger partial charge in [0.15, 0.2) is 0 Å². The Hall–Kier alpha value is -0.970. The summed E-state index contributed by atoms with van der Waals surface area (Å²) in [5.74, 6) is 0. The Morgan fingerprint density at radius 3 is 2.38 bits per heavy atom. The zero-order chi connectivity index (χ0) is 12.3. The van der Waals surface area contributed by atoms with Crippen molar-refractivity contribution in [2.75, 3.05) is 0 Å². The molecule has 1 aromatic rings. The van der Waals surface area contributed by atoms with Crippen LogP contribution in [0.5, 0.6) is 0 Å². The molecule has 16 heavy (non-hydrogen) atoms. The third-order valence-electron chi connectivity index (χ3n) is 2.04. The Bertz CT molecular complexity index is 377. The Labute approximate surface area is 103 Å². The number of aliphatic hydroxyl groups is 1. The first-order valence-corrected chi connectivity index (χ1v) is 5.27. The number of aliphatic hydroxyl groups excluding tert-OH is 1. The van der Waals surface area contributed by atoms with E-state index in [1.54, 1.807) is 18.2 Å².